The van der Waals surface area contributed by atoms with E-state index in [1.807, 2.05) is 7.05 Å². The van der Waals surface area contributed by atoms with E-state index in [0.29, 0.717) is 17.7 Å². The lowest BCUT2D eigenvalue weighted by Gasteiger charge is -2.22. The zero-order valence-electron chi connectivity index (χ0n) is 11.3. The van der Waals surface area contributed by atoms with Crippen LogP contribution in [0.3, 0.4) is 0 Å². The molecule has 6 nitrogen and oxygen atoms in total. The summed E-state index contributed by atoms with van der Waals surface area (Å²) in [5, 5.41) is 9.94. The third-order valence-electron chi connectivity index (χ3n) is 3.56. The Labute approximate surface area is 107 Å². The third-order valence-corrected chi connectivity index (χ3v) is 3.56. The topological polar surface area (TPSA) is 65.1 Å². The number of hydrogen-bond acceptors (Lipinski definition) is 4. The van der Waals surface area contributed by atoms with Crippen LogP contribution in [0.2, 0.25) is 0 Å². The highest BCUT2D eigenvalue weighted by atomic mass is 16.2. The zero-order chi connectivity index (χ0) is 13.1. The van der Waals surface area contributed by atoms with Crippen molar-refractivity contribution in [2.45, 2.75) is 26.3 Å². The molecule has 1 saturated heterocycles. The molecule has 1 amide bonds. The van der Waals surface area contributed by atoms with Crippen LogP contribution in [0.1, 0.15) is 30.8 Å². The molecule has 1 aromatic heterocycles. The van der Waals surface area contributed by atoms with Crippen LogP contribution < -0.4 is 0 Å². The number of likely N-dealkylation sites (tertiary alicyclic amines) is 1. The van der Waals surface area contributed by atoms with Gasteiger partial charge < -0.3 is 9.80 Å². The van der Waals surface area contributed by atoms with E-state index in [1.54, 1.807) is 4.90 Å². The number of H-pyrrole nitrogens is 1. The number of nitrogens with zero attached hydrogens (tertiary/aromatic N) is 4. The number of aromatic nitrogens is 3. The molecule has 1 aliphatic rings. The van der Waals surface area contributed by atoms with Gasteiger partial charge in [0.25, 0.3) is 5.91 Å². The highest BCUT2D eigenvalue weighted by Gasteiger charge is 2.26. The molecule has 1 aliphatic heterocycles. The van der Waals surface area contributed by atoms with Crippen molar-refractivity contribution in [3.8, 4) is 0 Å². The monoisotopic (exact) mass is 251 g/mol. The van der Waals surface area contributed by atoms with Crippen molar-refractivity contribution in [3.63, 3.8) is 0 Å². The first-order valence-corrected chi connectivity index (χ1v) is 6.43. The van der Waals surface area contributed by atoms with E-state index in [2.05, 4.69) is 34.2 Å². The van der Waals surface area contributed by atoms with Gasteiger partial charge in [-0.2, -0.15) is 15.4 Å². The second kappa shape index (κ2) is 5.48. The maximum atomic E-state index is 12.0. The molecule has 100 valence electrons. The molecule has 0 aliphatic carbocycles. The van der Waals surface area contributed by atoms with Crippen molar-refractivity contribution in [1.29, 1.82) is 0 Å². The first-order valence-electron chi connectivity index (χ1n) is 6.43. The zero-order valence-corrected chi connectivity index (χ0v) is 11.3. The minimum absolute atomic E-state index is 0.0632. The second-order valence-electron chi connectivity index (χ2n) is 5.28. The molecular weight excluding hydrogens is 230 g/mol. The minimum atomic E-state index is -0.0632. The summed E-state index contributed by atoms with van der Waals surface area (Å²) in [5.74, 6) is 0.500. The van der Waals surface area contributed by atoms with E-state index in [9.17, 15) is 4.79 Å². The molecular formula is C12H21N5O. The van der Waals surface area contributed by atoms with Crippen molar-refractivity contribution in [2.24, 2.45) is 5.92 Å². The Hall–Kier alpha value is -1.43. The standard InChI is InChI=1S/C12H21N5O/c1-9(2)17-5-4-10(8-17)7-16(3)12(18)11-6-13-15-14-11/h6,9-10H,4-5,7-8H2,1-3H3,(H,13,14,15)/t10-/m0/s1. The number of rotatable bonds is 4. The maximum Gasteiger partial charge on any atom is 0.275 e. The summed E-state index contributed by atoms with van der Waals surface area (Å²) in [6, 6.07) is 0.589. The second-order valence-corrected chi connectivity index (χ2v) is 5.28. The van der Waals surface area contributed by atoms with Crippen LogP contribution in [0.4, 0.5) is 0 Å². The molecule has 18 heavy (non-hydrogen) atoms. The largest absolute Gasteiger partial charge is 0.340 e. The van der Waals surface area contributed by atoms with Crippen molar-refractivity contribution >= 4 is 5.91 Å². The Bertz CT molecular complexity index is 389. The summed E-state index contributed by atoms with van der Waals surface area (Å²) in [6.07, 6.45) is 2.63. The lowest BCUT2D eigenvalue weighted by molar-refractivity contribution is 0.0766. The van der Waals surface area contributed by atoms with Crippen LogP contribution in [0, 0.1) is 5.92 Å². The molecule has 2 heterocycles. The lowest BCUT2D eigenvalue weighted by atomic mass is 10.1. The van der Waals surface area contributed by atoms with Gasteiger partial charge in [0.1, 0.15) is 0 Å². The van der Waals surface area contributed by atoms with E-state index in [-0.39, 0.29) is 5.91 Å². The maximum absolute atomic E-state index is 12.0. The first kappa shape index (κ1) is 13.0. The molecule has 1 atom stereocenters. The molecule has 0 radical (unpaired) electrons. The summed E-state index contributed by atoms with van der Waals surface area (Å²) in [5.41, 5.74) is 0.385. The lowest BCUT2D eigenvalue weighted by Crippen LogP contribution is -2.34. The molecule has 1 N–H and O–H groups in total. The number of hydrogen-bond donors (Lipinski definition) is 1. The Morgan fingerprint density at radius 3 is 3.00 bits per heavy atom. The fourth-order valence-corrected chi connectivity index (χ4v) is 2.45. The van der Waals surface area contributed by atoms with Crippen LogP contribution >= 0.6 is 0 Å². The van der Waals surface area contributed by atoms with Crippen molar-refractivity contribution in [2.75, 3.05) is 26.7 Å². The normalized spacial score (nSPS) is 20.6. The SMILES string of the molecule is CC(C)N1CC[C@@H](CN(C)C(=O)c2cn[nH]n2)C1. The summed E-state index contributed by atoms with van der Waals surface area (Å²) in [6.45, 7) is 7.43. The Morgan fingerprint density at radius 2 is 2.44 bits per heavy atom. The molecule has 0 spiro atoms. The van der Waals surface area contributed by atoms with Gasteiger partial charge in [-0.25, -0.2) is 0 Å². The van der Waals surface area contributed by atoms with Crippen molar-refractivity contribution in [1.82, 2.24) is 25.2 Å². The van der Waals surface area contributed by atoms with Gasteiger partial charge in [0.2, 0.25) is 0 Å². The number of carbonyl (C=O) groups excluding carboxylic acids is 1. The van der Waals surface area contributed by atoms with Gasteiger partial charge >= 0.3 is 0 Å². The van der Waals surface area contributed by atoms with E-state index in [0.717, 1.165) is 26.1 Å². The van der Waals surface area contributed by atoms with Gasteiger partial charge in [0, 0.05) is 26.2 Å². The Kier molecular flexibility index (Phi) is 3.96. The summed E-state index contributed by atoms with van der Waals surface area (Å²) in [7, 11) is 1.83. The van der Waals surface area contributed by atoms with Gasteiger partial charge in [0.15, 0.2) is 5.69 Å². The molecule has 1 aromatic rings. The fraction of sp³-hybridized carbons (Fsp3) is 0.750. The fourth-order valence-electron chi connectivity index (χ4n) is 2.45. The van der Waals surface area contributed by atoms with Gasteiger partial charge in [-0.05, 0) is 32.7 Å². The van der Waals surface area contributed by atoms with Gasteiger partial charge in [-0.15, -0.1) is 0 Å². The molecule has 0 aromatic carbocycles. The first-order chi connectivity index (χ1) is 8.58. The van der Waals surface area contributed by atoms with Gasteiger partial charge in [0.05, 0.1) is 6.20 Å². The quantitative estimate of drug-likeness (QED) is 0.851. The van der Waals surface area contributed by atoms with E-state index >= 15 is 0 Å². The molecule has 2 rings (SSSR count). The smallest absolute Gasteiger partial charge is 0.275 e. The van der Waals surface area contributed by atoms with E-state index < -0.39 is 0 Å². The number of nitrogens with one attached hydrogen (secondary N) is 1. The summed E-state index contributed by atoms with van der Waals surface area (Å²) >= 11 is 0. The minimum Gasteiger partial charge on any atom is -0.340 e. The molecule has 0 bridgehead atoms. The van der Waals surface area contributed by atoms with E-state index in [4.69, 9.17) is 0 Å². The van der Waals surface area contributed by atoms with Crippen molar-refractivity contribution in [3.05, 3.63) is 11.9 Å². The molecule has 0 unspecified atom stereocenters. The highest BCUT2D eigenvalue weighted by Crippen LogP contribution is 2.19. The van der Waals surface area contributed by atoms with Crippen LogP contribution in [0.25, 0.3) is 0 Å². The predicted octanol–water partition coefficient (Wildman–Crippen LogP) is 0.607. The molecule has 0 saturated carbocycles. The molecule has 1 fully saturated rings. The van der Waals surface area contributed by atoms with Crippen molar-refractivity contribution < 1.29 is 4.79 Å². The average Bonchev–Trinajstić information content (AvgIpc) is 2.98. The average molecular weight is 251 g/mol. The predicted molar refractivity (Wildman–Crippen MR) is 68.2 cm³/mol. The molecule has 6 heteroatoms. The summed E-state index contributed by atoms with van der Waals surface area (Å²) in [4.78, 5) is 16.2. The number of amides is 1. The van der Waals surface area contributed by atoms with Crippen LogP contribution in [0.15, 0.2) is 6.20 Å². The number of aromatic amines is 1. The highest BCUT2D eigenvalue weighted by molar-refractivity contribution is 5.91. The van der Waals surface area contributed by atoms with Gasteiger partial charge in [-0.3, -0.25) is 4.79 Å². The van der Waals surface area contributed by atoms with Crippen LogP contribution in [-0.2, 0) is 0 Å². The Morgan fingerprint density at radius 1 is 1.67 bits per heavy atom. The Balaban J connectivity index is 1.85. The van der Waals surface area contributed by atoms with Gasteiger partial charge in [-0.1, -0.05) is 0 Å². The van der Waals surface area contributed by atoms with Crippen LogP contribution in [0.5, 0.6) is 0 Å². The summed E-state index contributed by atoms with van der Waals surface area (Å²) < 4.78 is 0. The number of carbonyl (C=O) groups is 1. The van der Waals surface area contributed by atoms with E-state index in [1.165, 1.54) is 6.20 Å². The van der Waals surface area contributed by atoms with Crippen LogP contribution in [-0.4, -0.2) is 63.8 Å². The third kappa shape index (κ3) is 2.87.